The molecule has 1 N–H and O–H groups in total. The number of alkyl halides is 3. The number of nitrogens with zero attached hydrogens (tertiary/aromatic N) is 2. The van der Waals surface area contributed by atoms with Crippen molar-refractivity contribution < 1.29 is 17.6 Å². The Morgan fingerprint density at radius 1 is 1.40 bits per heavy atom. The standard InChI is InChI=1S/C13H17F4N3/c1-2-18-6-9-5-10(14)7-19-12(9)20(11-3-4-11)8-13(15,16)17/h5,7,11,18H,2-4,6,8H2,1H3. The zero-order chi connectivity index (χ0) is 14.8. The zero-order valence-corrected chi connectivity index (χ0v) is 11.2. The van der Waals surface area contributed by atoms with E-state index in [0.29, 0.717) is 18.7 Å². The molecule has 1 fully saturated rings. The van der Waals surface area contributed by atoms with Gasteiger partial charge in [0.05, 0.1) is 6.20 Å². The first-order chi connectivity index (χ1) is 9.40. The van der Waals surface area contributed by atoms with Crippen LogP contribution in [0.25, 0.3) is 0 Å². The predicted molar refractivity (Wildman–Crippen MR) is 68.0 cm³/mol. The lowest BCUT2D eigenvalue weighted by molar-refractivity contribution is -0.120. The summed E-state index contributed by atoms with van der Waals surface area (Å²) in [6.45, 7) is 1.78. The first-order valence-corrected chi connectivity index (χ1v) is 6.59. The maximum atomic E-state index is 13.3. The van der Waals surface area contributed by atoms with Crippen molar-refractivity contribution in [2.45, 2.75) is 38.5 Å². The highest BCUT2D eigenvalue weighted by Crippen LogP contribution is 2.35. The maximum Gasteiger partial charge on any atom is 0.405 e. The summed E-state index contributed by atoms with van der Waals surface area (Å²) in [5, 5.41) is 2.99. The Bertz CT molecular complexity index is 457. The van der Waals surface area contributed by atoms with Crippen LogP contribution in [0.3, 0.4) is 0 Å². The van der Waals surface area contributed by atoms with Crippen molar-refractivity contribution in [1.29, 1.82) is 0 Å². The minimum Gasteiger partial charge on any atom is -0.344 e. The third kappa shape index (κ3) is 4.06. The molecule has 0 saturated heterocycles. The molecular weight excluding hydrogens is 274 g/mol. The van der Waals surface area contributed by atoms with Gasteiger partial charge in [0.25, 0.3) is 0 Å². The smallest absolute Gasteiger partial charge is 0.344 e. The second-order valence-corrected chi connectivity index (χ2v) is 4.89. The van der Waals surface area contributed by atoms with Gasteiger partial charge in [-0.15, -0.1) is 0 Å². The molecule has 0 unspecified atom stereocenters. The van der Waals surface area contributed by atoms with Gasteiger partial charge >= 0.3 is 6.18 Å². The summed E-state index contributed by atoms with van der Waals surface area (Å²) in [6, 6.07) is 1.10. The van der Waals surface area contributed by atoms with Crippen LogP contribution in [-0.4, -0.2) is 30.3 Å². The number of aromatic nitrogens is 1. The molecular formula is C13H17F4N3. The molecule has 0 atom stereocenters. The number of pyridine rings is 1. The van der Waals surface area contributed by atoms with Gasteiger partial charge in [-0.05, 0) is 25.5 Å². The Morgan fingerprint density at radius 3 is 2.65 bits per heavy atom. The highest BCUT2D eigenvalue weighted by atomic mass is 19.4. The van der Waals surface area contributed by atoms with Crippen molar-refractivity contribution in [3.8, 4) is 0 Å². The summed E-state index contributed by atoms with van der Waals surface area (Å²) < 4.78 is 51.3. The minimum absolute atomic E-state index is 0.144. The number of anilines is 1. The van der Waals surface area contributed by atoms with E-state index in [0.717, 1.165) is 19.0 Å². The third-order valence-corrected chi connectivity index (χ3v) is 3.08. The Balaban J connectivity index is 2.27. The van der Waals surface area contributed by atoms with E-state index >= 15 is 0 Å². The van der Waals surface area contributed by atoms with Crippen molar-refractivity contribution in [1.82, 2.24) is 10.3 Å². The van der Waals surface area contributed by atoms with E-state index in [9.17, 15) is 17.6 Å². The molecule has 1 saturated carbocycles. The molecule has 3 nitrogen and oxygen atoms in total. The Labute approximate surface area is 115 Å². The van der Waals surface area contributed by atoms with E-state index in [4.69, 9.17) is 0 Å². The number of halogens is 4. The maximum absolute atomic E-state index is 13.3. The summed E-state index contributed by atoms with van der Waals surface area (Å²) >= 11 is 0. The van der Waals surface area contributed by atoms with Crippen LogP contribution < -0.4 is 10.2 Å². The van der Waals surface area contributed by atoms with E-state index in [1.807, 2.05) is 6.92 Å². The molecule has 0 aromatic carbocycles. The van der Waals surface area contributed by atoms with E-state index in [2.05, 4.69) is 10.3 Å². The second kappa shape index (κ2) is 5.95. The SMILES string of the molecule is CCNCc1cc(F)cnc1N(CC(F)(F)F)C1CC1. The average Bonchev–Trinajstić information content (AvgIpc) is 3.17. The van der Waals surface area contributed by atoms with Gasteiger partial charge in [0.2, 0.25) is 0 Å². The first-order valence-electron chi connectivity index (χ1n) is 6.59. The van der Waals surface area contributed by atoms with Gasteiger partial charge in [0.15, 0.2) is 0 Å². The number of hydrogen-bond acceptors (Lipinski definition) is 3. The van der Waals surface area contributed by atoms with E-state index < -0.39 is 18.5 Å². The van der Waals surface area contributed by atoms with Crippen molar-refractivity contribution >= 4 is 5.82 Å². The Hall–Kier alpha value is -1.37. The highest BCUT2D eigenvalue weighted by Gasteiger charge is 2.39. The summed E-state index contributed by atoms with van der Waals surface area (Å²) in [5.74, 6) is -0.309. The monoisotopic (exact) mass is 291 g/mol. The predicted octanol–water partition coefficient (Wildman–Crippen LogP) is 2.86. The molecule has 1 heterocycles. The molecule has 0 amide bonds. The molecule has 0 radical (unpaired) electrons. The summed E-state index contributed by atoms with van der Waals surface area (Å²) in [6.07, 6.45) is -1.89. The van der Waals surface area contributed by atoms with Gasteiger partial charge in [-0.2, -0.15) is 13.2 Å². The number of rotatable bonds is 6. The molecule has 1 aliphatic rings. The van der Waals surface area contributed by atoms with Gasteiger partial charge < -0.3 is 10.2 Å². The summed E-state index contributed by atoms with van der Waals surface area (Å²) in [7, 11) is 0. The third-order valence-electron chi connectivity index (χ3n) is 3.08. The fourth-order valence-corrected chi connectivity index (χ4v) is 2.08. The lowest BCUT2D eigenvalue weighted by atomic mass is 10.2. The van der Waals surface area contributed by atoms with Crippen LogP contribution in [0.5, 0.6) is 0 Å². The Kier molecular flexibility index (Phi) is 4.47. The fourth-order valence-electron chi connectivity index (χ4n) is 2.08. The van der Waals surface area contributed by atoms with Crippen molar-refractivity contribution in [3.63, 3.8) is 0 Å². The zero-order valence-electron chi connectivity index (χ0n) is 11.2. The molecule has 112 valence electrons. The topological polar surface area (TPSA) is 28.2 Å². The van der Waals surface area contributed by atoms with Crippen LogP contribution in [0.1, 0.15) is 25.3 Å². The van der Waals surface area contributed by atoms with Gasteiger partial charge in [-0.3, -0.25) is 0 Å². The lowest BCUT2D eigenvalue weighted by Gasteiger charge is -2.27. The van der Waals surface area contributed by atoms with Gasteiger partial charge in [-0.25, -0.2) is 9.37 Å². The van der Waals surface area contributed by atoms with Gasteiger partial charge in [0.1, 0.15) is 18.2 Å². The van der Waals surface area contributed by atoms with Crippen molar-refractivity contribution in [2.75, 3.05) is 18.0 Å². The van der Waals surface area contributed by atoms with Crippen LogP contribution in [-0.2, 0) is 6.54 Å². The summed E-state index contributed by atoms with van der Waals surface area (Å²) in [5.41, 5.74) is 0.461. The Morgan fingerprint density at radius 2 is 2.10 bits per heavy atom. The largest absolute Gasteiger partial charge is 0.405 e. The average molecular weight is 291 g/mol. The molecule has 0 spiro atoms. The molecule has 2 rings (SSSR count). The molecule has 1 aromatic rings. The van der Waals surface area contributed by atoms with Crippen LogP contribution in [0.15, 0.2) is 12.3 Å². The van der Waals surface area contributed by atoms with Crippen LogP contribution in [0, 0.1) is 5.82 Å². The van der Waals surface area contributed by atoms with Crippen LogP contribution in [0.2, 0.25) is 0 Å². The number of hydrogen-bond donors (Lipinski definition) is 1. The van der Waals surface area contributed by atoms with E-state index in [1.165, 1.54) is 11.0 Å². The second-order valence-electron chi connectivity index (χ2n) is 4.89. The molecule has 20 heavy (non-hydrogen) atoms. The fraction of sp³-hybridized carbons (Fsp3) is 0.615. The quantitative estimate of drug-likeness (QED) is 0.817. The van der Waals surface area contributed by atoms with E-state index in [1.54, 1.807) is 0 Å². The highest BCUT2D eigenvalue weighted by molar-refractivity contribution is 5.49. The minimum atomic E-state index is -4.30. The first kappa shape index (κ1) is 15.0. The molecule has 0 aliphatic heterocycles. The van der Waals surface area contributed by atoms with Crippen LogP contribution in [0.4, 0.5) is 23.4 Å². The number of nitrogens with one attached hydrogen (secondary N) is 1. The van der Waals surface area contributed by atoms with Crippen molar-refractivity contribution in [3.05, 3.63) is 23.6 Å². The molecule has 1 aliphatic carbocycles. The van der Waals surface area contributed by atoms with Crippen molar-refractivity contribution in [2.24, 2.45) is 0 Å². The van der Waals surface area contributed by atoms with Gasteiger partial charge in [0, 0.05) is 18.2 Å². The van der Waals surface area contributed by atoms with E-state index in [-0.39, 0.29) is 11.9 Å². The summed E-state index contributed by atoms with van der Waals surface area (Å²) in [4.78, 5) is 5.13. The normalized spacial score (nSPS) is 15.4. The van der Waals surface area contributed by atoms with Gasteiger partial charge in [-0.1, -0.05) is 6.92 Å². The molecule has 7 heteroatoms. The van der Waals surface area contributed by atoms with Crippen LogP contribution >= 0.6 is 0 Å². The lowest BCUT2D eigenvalue weighted by Crippen LogP contribution is -2.37. The molecule has 1 aromatic heterocycles. The molecule has 0 bridgehead atoms.